The standard InChI is InChI=1S/C18H15N5O2S/c1-13-4-2-7-16(10-13)26(24,25)23-18-9-8-17(21-22-18)20-15-6-3-5-14(11-15)12-19/h2-11H,1H3,(H,20,21)(H,22,23). The van der Waals surface area contributed by atoms with Crippen molar-refractivity contribution in [3.05, 3.63) is 71.8 Å². The second-order valence-corrected chi connectivity index (χ2v) is 7.23. The molecule has 0 unspecified atom stereocenters. The van der Waals surface area contributed by atoms with Gasteiger partial charge < -0.3 is 5.32 Å². The van der Waals surface area contributed by atoms with E-state index < -0.39 is 10.0 Å². The normalized spacial score (nSPS) is 10.8. The Morgan fingerprint density at radius 1 is 0.962 bits per heavy atom. The van der Waals surface area contributed by atoms with Gasteiger partial charge in [-0.05, 0) is 55.0 Å². The maximum Gasteiger partial charge on any atom is 0.263 e. The largest absolute Gasteiger partial charge is 0.339 e. The van der Waals surface area contributed by atoms with Gasteiger partial charge in [0, 0.05) is 5.69 Å². The molecule has 0 aliphatic carbocycles. The summed E-state index contributed by atoms with van der Waals surface area (Å²) in [6, 6.07) is 18.7. The average Bonchev–Trinajstić information content (AvgIpc) is 2.63. The van der Waals surface area contributed by atoms with E-state index in [1.165, 1.54) is 12.1 Å². The van der Waals surface area contributed by atoms with Gasteiger partial charge in [0.15, 0.2) is 11.6 Å². The van der Waals surface area contributed by atoms with Gasteiger partial charge in [-0.3, -0.25) is 4.72 Å². The van der Waals surface area contributed by atoms with Crippen LogP contribution >= 0.6 is 0 Å². The summed E-state index contributed by atoms with van der Waals surface area (Å²) in [5.74, 6) is 0.543. The predicted octanol–water partition coefficient (Wildman–Crippen LogP) is 3.20. The fraction of sp³-hybridized carbons (Fsp3) is 0.0556. The summed E-state index contributed by atoms with van der Waals surface area (Å²) in [6.07, 6.45) is 0. The van der Waals surface area contributed by atoms with E-state index in [0.717, 1.165) is 5.56 Å². The molecule has 2 aromatic carbocycles. The van der Waals surface area contributed by atoms with Crippen molar-refractivity contribution in [1.82, 2.24) is 10.2 Å². The van der Waals surface area contributed by atoms with Crippen LogP contribution in [-0.2, 0) is 10.0 Å². The van der Waals surface area contributed by atoms with Crippen molar-refractivity contribution in [2.24, 2.45) is 0 Å². The van der Waals surface area contributed by atoms with Gasteiger partial charge in [0.25, 0.3) is 10.0 Å². The third kappa shape index (κ3) is 4.15. The van der Waals surface area contributed by atoms with Crippen LogP contribution < -0.4 is 10.0 Å². The van der Waals surface area contributed by atoms with E-state index >= 15 is 0 Å². The number of nitrogens with zero attached hydrogens (tertiary/aromatic N) is 3. The SMILES string of the molecule is Cc1cccc(S(=O)(=O)Nc2ccc(Nc3cccc(C#N)c3)nn2)c1. The Labute approximate surface area is 151 Å². The number of hydrogen-bond donors (Lipinski definition) is 2. The number of rotatable bonds is 5. The van der Waals surface area contributed by atoms with Crippen molar-refractivity contribution >= 4 is 27.3 Å². The molecule has 3 rings (SSSR count). The minimum atomic E-state index is -3.73. The summed E-state index contributed by atoms with van der Waals surface area (Å²) in [4.78, 5) is 0.162. The molecule has 8 heteroatoms. The molecule has 0 saturated heterocycles. The molecule has 0 fully saturated rings. The van der Waals surface area contributed by atoms with Crippen LogP contribution in [0, 0.1) is 18.3 Å². The van der Waals surface area contributed by atoms with Gasteiger partial charge in [0.1, 0.15) is 0 Å². The van der Waals surface area contributed by atoms with Crippen LogP contribution in [0.3, 0.4) is 0 Å². The molecule has 0 bridgehead atoms. The van der Waals surface area contributed by atoms with Gasteiger partial charge in [-0.2, -0.15) is 5.26 Å². The fourth-order valence-electron chi connectivity index (χ4n) is 2.25. The minimum absolute atomic E-state index is 0.114. The number of sulfonamides is 1. The van der Waals surface area contributed by atoms with Gasteiger partial charge in [0.2, 0.25) is 0 Å². The van der Waals surface area contributed by atoms with Crippen molar-refractivity contribution in [2.75, 3.05) is 10.0 Å². The highest BCUT2D eigenvalue weighted by Crippen LogP contribution is 2.18. The first-order valence-electron chi connectivity index (χ1n) is 7.67. The molecule has 2 N–H and O–H groups in total. The second-order valence-electron chi connectivity index (χ2n) is 5.54. The molecule has 130 valence electrons. The molecule has 0 amide bonds. The summed E-state index contributed by atoms with van der Waals surface area (Å²) in [7, 11) is -3.73. The fourth-order valence-corrected chi connectivity index (χ4v) is 3.35. The van der Waals surface area contributed by atoms with E-state index in [9.17, 15) is 8.42 Å². The molecule has 7 nitrogen and oxygen atoms in total. The van der Waals surface area contributed by atoms with Crippen molar-refractivity contribution in [3.8, 4) is 6.07 Å². The maximum absolute atomic E-state index is 12.4. The molecule has 0 atom stereocenters. The van der Waals surface area contributed by atoms with Crippen LogP contribution in [-0.4, -0.2) is 18.6 Å². The summed E-state index contributed by atoms with van der Waals surface area (Å²) < 4.78 is 27.1. The monoisotopic (exact) mass is 365 g/mol. The molecule has 26 heavy (non-hydrogen) atoms. The Hall–Kier alpha value is -3.44. The second kappa shape index (κ2) is 7.21. The molecule has 0 aliphatic heterocycles. The van der Waals surface area contributed by atoms with Gasteiger partial charge in [-0.15, -0.1) is 10.2 Å². The van der Waals surface area contributed by atoms with Crippen LogP contribution in [0.2, 0.25) is 0 Å². The van der Waals surface area contributed by atoms with Crippen molar-refractivity contribution in [2.45, 2.75) is 11.8 Å². The van der Waals surface area contributed by atoms with Crippen molar-refractivity contribution < 1.29 is 8.42 Å². The van der Waals surface area contributed by atoms with E-state index in [-0.39, 0.29) is 10.7 Å². The summed E-state index contributed by atoms with van der Waals surface area (Å²) >= 11 is 0. The van der Waals surface area contributed by atoms with Crippen LogP contribution in [0.1, 0.15) is 11.1 Å². The quantitative estimate of drug-likeness (QED) is 0.719. The molecule has 0 saturated carbocycles. The first kappa shape index (κ1) is 17.4. The highest BCUT2D eigenvalue weighted by Gasteiger charge is 2.15. The summed E-state index contributed by atoms with van der Waals surface area (Å²) in [5, 5.41) is 19.8. The van der Waals surface area contributed by atoms with E-state index in [1.54, 1.807) is 42.5 Å². The van der Waals surface area contributed by atoms with Gasteiger partial charge in [-0.1, -0.05) is 18.2 Å². The molecule has 0 radical (unpaired) electrons. The number of aryl methyl sites for hydroxylation is 1. The van der Waals surface area contributed by atoms with Crippen LogP contribution in [0.25, 0.3) is 0 Å². The topological polar surface area (TPSA) is 108 Å². The van der Waals surface area contributed by atoms with Crippen LogP contribution in [0.4, 0.5) is 17.3 Å². The number of nitriles is 1. The van der Waals surface area contributed by atoms with E-state index in [0.29, 0.717) is 17.1 Å². The lowest BCUT2D eigenvalue weighted by Gasteiger charge is -2.09. The lowest BCUT2D eigenvalue weighted by Crippen LogP contribution is -2.14. The molecular weight excluding hydrogens is 350 g/mol. The number of anilines is 3. The van der Waals surface area contributed by atoms with E-state index in [4.69, 9.17) is 5.26 Å². The Morgan fingerprint density at radius 2 is 1.69 bits per heavy atom. The molecule has 1 aromatic heterocycles. The highest BCUT2D eigenvalue weighted by atomic mass is 32.2. The smallest absolute Gasteiger partial charge is 0.263 e. The molecule has 0 aliphatic rings. The number of hydrogen-bond acceptors (Lipinski definition) is 6. The third-order valence-corrected chi connectivity index (χ3v) is 4.82. The summed E-state index contributed by atoms with van der Waals surface area (Å²) in [5.41, 5.74) is 2.05. The first-order valence-corrected chi connectivity index (χ1v) is 9.15. The van der Waals surface area contributed by atoms with Crippen molar-refractivity contribution in [1.29, 1.82) is 5.26 Å². The number of aromatic nitrogens is 2. The lowest BCUT2D eigenvalue weighted by molar-refractivity contribution is 0.601. The number of benzene rings is 2. The van der Waals surface area contributed by atoms with Gasteiger partial charge >= 0.3 is 0 Å². The highest BCUT2D eigenvalue weighted by molar-refractivity contribution is 7.92. The first-order chi connectivity index (χ1) is 12.5. The average molecular weight is 365 g/mol. The maximum atomic E-state index is 12.4. The van der Waals surface area contributed by atoms with Crippen LogP contribution in [0.5, 0.6) is 0 Å². The third-order valence-electron chi connectivity index (χ3n) is 3.47. The zero-order chi connectivity index (χ0) is 18.6. The summed E-state index contributed by atoms with van der Waals surface area (Å²) in [6.45, 7) is 1.82. The number of nitrogens with one attached hydrogen (secondary N) is 2. The Kier molecular flexibility index (Phi) is 4.82. The Bertz CT molecular complexity index is 1070. The molecule has 0 spiro atoms. The van der Waals surface area contributed by atoms with Crippen LogP contribution in [0.15, 0.2) is 65.6 Å². The molecule has 1 heterocycles. The Balaban J connectivity index is 1.74. The molecular formula is C18H15N5O2S. The van der Waals surface area contributed by atoms with E-state index in [2.05, 4.69) is 26.3 Å². The van der Waals surface area contributed by atoms with Gasteiger partial charge in [-0.25, -0.2) is 8.42 Å². The molecule has 3 aromatic rings. The lowest BCUT2D eigenvalue weighted by atomic mass is 10.2. The van der Waals surface area contributed by atoms with Crippen molar-refractivity contribution in [3.63, 3.8) is 0 Å². The Morgan fingerprint density at radius 3 is 2.38 bits per heavy atom. The predicted molar refractivity (Wildman–Crippen MR) is 98.5 cm³/mol. The zero-order valence-electron chi connectivity index (χ0n) is 13.8. The zero-order valence-corrected chi connectivity index (χ0v) is 14.7. The minimum Gasteiger partial charge on any atom is -0.339 e. The van der Waals surface area contributed by atoms with Gasteiger partial charge in [0.05, 0.1) is 16.5 Å². The van der Waals surface area contributed by atoms with E-state index in [1.807, 2.05) is 13.0 Å².